The van der Waals surface area contributed by atoms with Crippen molar-refractivity contribution >= 4 is 49.8 Å². The van der Waals surface area contributed by atoms with Crippen LogP contribution in [0.1, 0.15) is 43.6 Å². The zero-order valence-electron chi connectivity index (χ0n) is 33.6. The van der Waals surface area contributed by atoms with Crippen molar-refractivity contribution in [3.05, 3.63) is 212 Å². The summed E-state index contributed by atoms with van der Waals surface area (Å²) >= 11 is 0. The Bertz CT molecular complexity index is 3110. The normalized spacial score (nSPS) is 13.3. The molecule has 0 saturated heterocycles. The Morgan fingerprint density at radius 2 is 0.983 bits per heavy atom. The highest BCUT2D eigenvalue weighted by atomic mass is 16.3. The van der Waals surface area contributed by atoms with Gasteiger partial charge in [-0.1, -0.05) is 189 Å². The van der Waals surface area contributed by atoms with Crippen LogP contribution in [0.2, 0.25) is 0 Å². The number of hydrogen-bond donors (Lipinski definition) is 0. The minimum atomic E-state index is 0.582. The molecule has 1 aliphatic rings. The van der Waals surface area contributed by atoms with Gasteiger partial charge in [-0.25, -0.2) is 0 Å². The molecule has 1 fully saturated rings. The van der Waals surface area contributed by atoms with Gasteiger partial charge in [0, 0.05) is 33.3 Å². The smallest absolute Gasteiger partial charge is 0.143 e. The lowest BCUT2D eigenvalue weighted by atomic mass is 9.80. The second-order valence-corrected chi connectivity index (χ2v) is 16.3. The summed E-state index contributed by atoms with van der Waals surface area (Å²) in [4.78, 5) is 2.45. The van der Waals surface area contributed by atoms with Gasteiger partial charge in [0.25, 0.3) is 0 Å². The predicted octanol–water partition coefficient (Wildman–Crippen LogP) is 16.9. The van der Waals surface area contributed by atoms with Gasteiger partial charge in [0.05, 0.1) is 5.69 Å². The zero-order chi connectivity index (χ0) is 39.8. The second kappa shape index (κ2) is 15.5. The minimum absolute atomic E-state index is 0.582. The molecule has 1 aromatic heterocycles. The fraction of sp³-hybridized carbons (Fsp3) is 0.103. The van der Waals surface area contributed by atoms with Gasteiger partial charge >= 0.3 is 0 Å². The van der Waals surface area contributed by atoms with Gasteiger partial charge in [0.1, 0.15) is 11.2 Å². The largest absolute Gasteiger partial charge is 0.455 e. The minimum Gasteiger partial charge on any atom is -0.455 e. The Balaban J connectivity index is 1.07. The Morgan fingerprint density at radius 3 is 1.78 bits per heavy atom. The molecule has 0 atom stereocenters. The van der Waals surface area contributed by atoms with Gasteiger partial charge in [0.15, 0.2) is 0 Å². The van der Waals surface area contributed by atoms with Gasteiger partial charge in [-0.3, -0.25) is 0 Å². The fourth-order valence-corrected chi connectivity index (χ4v) is 9.75. The highest BCUT2D eigenvalue weighted by Gasteiger charge is 2.23. The Morgan fingerprint density at radius 1 is 0.400 bits per heavy atom. The average Bonchev–Trinajstić information content (AvgIpc) is 3.72. The molecule has 0 unspecified atom stereocenters. The summed E-state index contributed by atoms with van der Waals surface area (Å²) in [5.74, 6) is 0.582. The first-order valence-corrected chi connectivity index (χ1v) is 21.4. The van der Waals surface area contributed by atoms with Crippen LogP contribution in [0, 0.1) is 0 Å². The third kappa shape index (κ3) is 6.55. The van der Waals surface area contributed by atoms with Gasteiger partial charge in [-0.05, 0) is 105 Å². The highest BCUT2D eigenvalue weighted by molar-refractivity contribution is 6.10. The maximum Gasteiger partial charge on any atom is 0.143 e. The summed E-state index contributed by atoms with van der Waals surface area (Å²) in [6.07, 6.45) is 6.46. The van der Waals surface area contributed by atoms with E-state index in [4.69, 9.17) is 4.42 Å². The standard InChI is InChI=1S/C58H45NO/c1-3-15-40(16-4-1)41-31-33-42(34-32-41)43-35-37-47(38-36-43)59(48-22-11-21-46(39-48)50-26-14-28-54-52-24-8-10-30-56(52)60-58(50)54)55-29-9-7-23-51(55)53-27-13-20-45-19-12-25-49(57(45)53)44-17-5-2-6-18-44/h1,3-4,7-16,19-39,44H,2,5-6,17-18H2. The third-order valence-corrected chi connectivity index (χ3v) is 12.7. The molecule has 2 nitrogen and oxygen atoms in total. The van der Waals surface area contributed by atoms with Gasteiger partial charge in [-0.2, -0.15) is 0 Å². The Labute approximate surface area is 352 Å². The van der Waals surface area contributed by atoms with Crippen LogP contribution >= 0.6 is 0 Å². The van der Waals surface area contributed by atoms with Crippen molar-refractivity contribution < 1.29 is 4.42 Å². The van der Waals surface area contributed by atoms with E-state index in [9.17, 15) is 0 Å². The molecular weight excluding hydrogens is 727 g/mol. The number of fused-ring (bicyclic) bond motifs is 4. The monoisotopic (exact) mass is 771 g/mol. The van der Waals surface area contributed by atoms with Crippen LogP contribution < -0.4 is 4.90 Å². The van der Waals surface area contributed by atoms with Crippen molar-refractivity contribution in [1.29, 1.82) is 0 Å². The highest BCUT2D eigenvalue weighted by Crippen LogP contribution is 2.47. The first kappa shape index (κ1) is 36.0. The zero-order valence-corrected chi connectivity index (χ0v) is 33.6. The first-order chi connectivity index (χ1) is 29.8. The second-order valence-electron chi connectivity index (χ2n) is 16.3. The molecule has 0 amide bonds. The quantitative estimate of drug-likeness (QED) is 0.153. The summed E-state index contributed by atoms with van der Waals surface area (Å²) in [7, 11) is 0. The van der Waals surface area contributed by atoms with Crippen LogP contribution in [0.25, 0.3) is 77.2 Å². The van der Waals surface area contributed by atoms with Crippen LogP contribution in [-0.4, -0.2) is 0 Å². The van der Waals surface area contributed by atoms with Crippen LogP contribution in [0.3, 0.4) is 0 Å². The molecule has 0 spiro atoms. The van der Waals surface area contributed by atoms with Gasteiger partial charge < -0.3 is 9.32 Å². The summed E-state index contributed by atoms with van der Waals surface area (Å²) in [6.45, 7) is 0. The van der Waals surface area contributed by atoms with Crippen LogP contribution in [0.4, 0.5) is 17.1 Å². The number of hydrogen-bond acceptors (Lipinski definition) is 2. The molecular formula is C58H45NO. The van der Waals surface area contributed by atoms with Crippen molar-refractivity contribution in [2.45, 2.75) is 38.0 Å². The van der Waals surface area contributed by atoms with Crippen LogP contribution in [-0.2, 0) is 0 Å². The first-order valence-electron chi connectivity index (χ1n) is 21.4. The number of nitrogens with zero attached hydrogens (tertiary/aromatic N) is 1. The van der Waals surface area contributed by atoms with E-state index in [0.717, 1.165) is 50.1 Å². The number of rotatable bonds is 8. The van der Waals surface area contributed by atoms with Crippen molar-refractivity contribution in [1.82, 2.24) is 0 Å². The Hall–Kier alpha value is -7.16. The summed E-state index contributed by atoms with van der Waals surface area (Å²) in [5, 5.41) is 4.96. The van der Waals surface area contributed by atoms with E-state index in [2.05, 4.69) is 205 Å². The lowest BCUT2D eigenvalue weighted by Crippen LogP contribution is -2.11. The molecule has 0 bridgehead atoms. The molecule has 1 aliphatic carbocycles. The SMILES string of the molecule is c1ccc(-c2ccc(-c3ccc(N(c4cccc(-c5cccc6c5oc5ccccc56)c4)c4ccccc4-c4cccc5cccc(C6CCCCC6)c45)cc3)cc2)cc1. The van der Waals surface area contributed by atoms with E-state index >= 15 is 0 Å². The topological polar surface area (TPSA) is 16.4 Å². The third-order valence-electron chi connectivity index (χ3n) is 12.7. The fourth-order valence-electron chi connectivity index (χ4n) is 9.75. The number of para-hydroxylation sites is 3. The summed E-state index contributed by atoms with van der Waals surface area (Å²) < 4.78 is 6.56. The van der Waals surface area contributed by atoms with Gasteiger partial charge in [0.2, 0.25) is 0 Å². The molecule has 1 saturated carbocycles. The molecule has 1 heterocycles. The van der Waals surface area contributed by atoms with E-state index in [1.165, 1.54) is 81.8 Å². The van der Waals surface area contributed by atoms with Crippen molar-refractivity contribution in [2.75, 3.05) is 4.90 Å². The molecule has 0 aliphatic heterocycles. The van der Waals surface area contributed by atoms with E-state index in [0.29, 0.717) is 5.92 Å². The number of furan rings is 1. The lowest BCUT2D eigenvalue weighted by Gasteiger charge is -2.29. The molecule has 9 aromatic carbocycles. The Kier molecular flexibility index (Phi) is 9.32. The number of anilines is 3. The van der Waals surface area contributed by atoms with Crippen molar-refractivity contribution in [2.24, 2.45) is 0 Å². The molecule has 288 valence electrons. The van der Waals surface area contributed by atoms with E-state index in [1.54, 1.807) is 0 Å². The molecule has 2 heteroatoms. The van der Waals surface area contributed by atoms with Crippen molar-refractivity contribution in [3.8, 4) is 44.5 Å². The van der Waals surface area contributed by atoms with Crippen LogP contribution in [0.5, 0.6) is 0 Å². The maximum atomic E-state index is 6.56. The molecule has 0 N–H and O–H groups in total. The lowest BCUT2D eigenvalue weighted by molar-refractivity contribution is 0.445. The average molecular weight is 772 g/mol. The van der Waals surface area contributed by atoms with Crippen LogP contribution in [0.15, 0.2) is 211 Å². The predicted molar refractivity (Wildman–Crippen MR) is 253 cm³/mol. The maximum absolute atomic E-state index is 6.56. The molecule has 60 heavy (non-hydrogen) atoms. The summed E-state index contributed by atoms with van der Waals surface area (Å²) in [5.41, 5.74) is 16.2. The van der Waals surface area contributed by atoms with E-state index in [1.807, 2.05) is 6.07 Å². The van der Waals surface area contributed by atoms with Crippen molar-refractivity contribution in [3.63, 3.8) is 0 Å². The molecule has 11 rings (SSSR count). The van der Waals surface area contributed by atoms with Gasteiger partial charge in [-0.15, -0.1) is 0 Å². The number of benzene rings is 9. The summed E-state index contributed by atoms with van der Waals surface area (Å²) in [6, 6.07) is 75.2. The van der Waals surface area contributed by atoms with E-state index in [-0.39, 0.29) is 0 Å². The molecule has 0 radical (unpaired) electrons. The molecule has 10 aromatic rings. The van der Waals surface area contributed by atoms with E-state index < -0.39 is 0 Å².